The van der Waals surface area contributed by atoms with Crippen LogP contribution in [0.4, 0.5) is 0 Å². The molecule has 0 fully saturated rings. The van der Waals surface area contributed by atoms with E-state index in [1.807, 2.05) is 25.2 Å². The highest BCUT2D eigenvalue weighted by molar-refractivity contribution is 7.18. The van der Waals surface area contributed by atoms with Gasteiger partial charge >= 0.3 is 0 Å². The van der Waals surface area contributed by atoms with Crippen LogP contribution in [0.15, 0.2) is 24.3 Å². The molecule has 7 heteroatoms. The summed E-state index contributed by atoms with van der Waals surface area (Å²) in [7, 11) is 2.05. The van der Waals surface area contributed by atoms with Crippen molar-refractivity contribution in [2.75, 3.05) is 7.05 Å². The fourth-order valence-electron chi connectivity index (χ4n) is 1.92. The molecule has 0 N–H and O–H groups in total. The van der Waals surface area contributed by atoms with Crippen molar-refractivity contribution in [1.29, 1.82) is 0 Å². The topological polar surface area (TPSA) is 41.9 Å². The minimum Gasteiger partial charge on any atom is -0.291 e. The van der Waals surface area contributed by atoms with Gasteiger partial charge in [-0.1, -0.05) is 28.2 Å². The molecule has 0 bridgehead atoms. The Morgan fingerprint density at radius 3 is 2.85 bits per heavy atom. The lowest BCUT2D eigenvalue weighted by Gasteiger charge is -2.21. The highest BCUT2D eigenvalue weighted by atomic mass is 35.5. The second kappa shape index (κ2) is 5.73. The Balaban J connectivity index is 1.80. The number of aromatic nitrogens is 3. The molecule has 1 atom stereocenters. The maximum absolute atomic E-state index is 6.05. The van der Waals surface area contributed by atoms with Gasteiger partial charge < -0.3 is 0 Å². The van der Waals surface area contributed by atoms with E-state index in [-0.39, 0.29) is 6.04 Å². The van der Waals surface area contributed by atoms with Gasteiger partial charge in [0.25, 0.3) is 0 Å². The number of para-hydroxylation sites is 1. The largest absolute Gasteiger partial charge is 0.291 e. The van der Waals surface area contributed by atoms with Crippen LogP contribution >= 0.6 is 34.5 Å². The summed E-state index contributed by atoms with van der Waals surface area (Å²) in [4.78, 5) is 6.88. The highest BCUT2D eigenvalue weighted by Crippen LogP contribution is 2.30. The van der Waals surface area contributed by atoms with Crippen molar-refractivity contribution in [1.82, 2.24) is 19.5 Å². The lowest BCUT2D eigenvalue weighted by molar-refractivity contribution is 0.250. The van der Waals surface area contributed by atoms with Crippen LogP contribution in [0.3, 0.4) is 0 Å². The lowest BCUT2D eigenvalue weighted by atomic mass is 10.3. The third-order valence-corrected chi connectivity index (χ3v) is 5.43. The third-order valence-electron chi connectivity index (χ3n) is 3.24. The van der Waals surface area contributed by atoms with Crippen LogP contribution in [0.25, 0.3) is 10.2 Å². The number of hydrogen-bond donors (Lipinski definition) is 0. The first-order chi connectivity index (χ1) is 9.65. The summed E-state index contributed by atoms with van der Waals surface area (Å²) < 4.78 is 5.74. The van der Waals surface area contributed by atoms with E-state index in [2.05, 4.69) is 27.5 Å². The van der Waals surface area contributed by atoms with Gasteiger partial charge in [-0.05, 0) is 26.1 Å². The van der Waals surface area contributed by atoms with E-state index in [0.717, 1.165) is 16.2 Å². The molecule has 0 aliphatic carbocycles. The summed E-state index contributed by atoms with van der Waals surface area (Å²) in [6.07, 6.45) is 0. The van der Waals surface area contributed by atoms with Crippen LogP contribution in [-0.2, 0) is 6.54 Å². The minimum atomic E-state index is 0.213. The standard InChI is InChI=1S/C13H13ClN4S2/c1-8(18(2)7-10-12(14)20-17-16-10)13-15-9-5-3-4-6-11(9)19-13/h3-6,8H,7H2,1-2H3/t8-/m1/s1. The van der Waals surface area contributed by atoms with Crippen LogP contribution in [0.2, 0.25) is 4.34 Å². The van der Waals surface area contributed by atoms with Crippen LogP contribution in [0.1, 0.15) is 23.7 Å². The molecule has 20 heavy (non-hydrogen) atoms. The van der Waals surface area contributed by atoms with Gasteiger partial charge in [0.05, 0.1) is 16.3 Å². The second-order valence-corrected chi connectivity index (χ2v) is 7.02. The number of thiazole rings is 1. The number of benzene rings is 1. The average Bonchev–Trinajstić information content (AvgIpc) is 3.04. The summed E-state index contributed by atoms with van der Waals surface area (Å²) >= 11 is 9.01. The number of fused-ring (bicyclic) bond motifs is 1. The predicted molar refractivity (Wildman–Crippen MR) is 84.4 cm³/mol. The van der Waals surface area contributed by atoms with E-state index in [1.165, 1.54) is 16.2 Å². The van der Waals surface area contributed by atoms with Crippen molar-refractivity contribution in [2.24, 2.45) is 0 Å². The zero-order valence-electron chi connectivity index (χ0n) is 11.1. The summed E-state index contributed by atoms with van der Waals surface area (Å²) in [5, 5.41) is 5.16. The van der Waals surface area contributed by atoms with Crippen LogP contribution in [0, 0.1) is 0 Å². The van der Waals surface area contributed by atoms with E-state index in [9.17, 15) is 0 Å². The molecule has 2 heterocycles. The smallest absolute Gasteiger partial charge is 0.138 e. The molecule has 0 unspecified atom stereocenters. The quantitative estimate of drug-likeness (QED) is 0.727. The lowest BCUT2D eigenvalue weighted by Crippen LogP contribution is -2.22. The summed E-state index contributed by atoms with van der Waals surface area (Å²) in [6.45, 7) is 2.82. The van der Waals surface area contributed by atoms with Gasteiger partial charge in [-0.15, -0.1) is 16.4 Å². The van der Waals surface area contributed by atoms with Gasteiger partial charge in [0.15, 0.2) is 0 Å². The molecular formula is C13H13ClN4S2. The molecule has 0 amide bonds. The van der Waals surface area contributed by atoms with E-state index >= 15 is 0 Å². The SMILES string of the molecule is C[C@H](c1nc2ccccc2s1)N(C)Cc1nnsc1Cl. The Kier molecular flexibility index (Phi) is 3.98. The predicted octanol–water partition coefficient (Wildman–Crippen LogP) is 3.99. The molecule has 4 nitrogen and oxygen atoms in total. The van der Waals surface area contributed by atoms with Crippen molar-refractivity contribution in [3.05, 3.63) is 39.3 Å². The maximum Gasteiger partial charge on any atom is 0.138 e. The number of nitrogens with zero attached hydrogens (tertiary/aromatic N) is 4. The molecule has 0 spiro atoms. The van der Waals surface area contributed by atoms with Gasteiger partial charge in [0.1, 0.15) is 15.0 Å². The Morgan fingerprint density at radius 1 is 1.35 bits per heavy atom. The fraction of sp³-hybridized carbons (Fsp3) is 0.308. The van der Waals surface area contributed by atoms with Crippen molar-refractivity contribution in [2.45, 2.75) is 19.5 Å². The van der Waals surface area contributed by atoms with Crippen molar-refractivity contribution < 1.29 is 0 Å². The Bertz CT molecular complexity index is 691. The molecule has 0 aliphatic heterocycles. The van der Waals surface area contributed by atoms with Gasteiger partial charge in [-0.25, -0.2) is 4.98 Å². The summed E-state index contributed by atoms with van der Waals surface area (Å²) in [5.74, 6) is 0. The van der Waals surface area contributed by atoms with Crippen molar-refractivity contribution in [3.63, 3.8) is 0 Å². The molecule has 2 aromatic heterocycles. The van der Waals surface area contributed by atoms with Crippen molar-refractivity contribution in [3.8, 4) is 0 Å². The van der Waals surface area contributed by atoms with Gasteiger partial charge in [-0.2, -0.15) is 0 Å². The molecular weight excluding hydrogens is 312 g/mol. The van der Waals surface area contributed by atoms with Crippen LogP contribution < -0.4 is 0 Å². The molecule has 0 saturated carbocycles. The zero-order valence-corrected chi connectivity index (χ0v) is 13.5. The third kappa shape index (κ3) is 2.69. The van der Waals surface area contributed by atoms with E-state index in [1.54, 1.807) is 11.3 Å². The Morgan fingerprint density at radius 2 is 2.15 bits per heavy atom. The molecule has 3 aromatic rings. The number of rotatable bonds is 4. The number of halogens is 1. The molecule has 1 aromatic carbocycles. The monoisotopic (exact) mass is 324 g/mol. The van der Waals surface area contributed by atoms with Gasteiger partial charge in [0, 0.05) is 18.1 Å². The zero-order chi connectivity index (χ0) is 14.1. The molecule has 3 rings (SSSR count). The normalized spacial score (nSPS) is 13.2. The first-order valence-electron chi connectivity index (χ1n) is 6.17. The van der Waals surface area contributed by atoms with E-state index in [4.69, 9.17) is 16.6 Å². The van der Waals surface area contributed by atoms with Crippen LogP contribution in [0.5, 0.6) is 0 Å². The molecule has 0 radical (unpaired) electrons. The second-order valence-electron chi connectivity index (χ2n) is 4.60. The van der Waals surface area contributed by atoms with E-state index < -0.39 is 0 Å². The maximum atomic E-state index is 6.05. The Hall–Kier alpha value is -1.08. The fourth-order valence-corrected chi connectivity index (χ4v) is 3.62. The Labute approximate surface area is 130 Å². The van der Waals surface area contributed by atoms with Crippen LogP contribution in [-0.4, -0.2) is 26.5 Å². The first kappa shape index (κ1) is 13.9. The summed E-state index contributed by atoms with van der Waals surface area (Å²) in [6, 6.07) is 8.42. The van der Waals surface area contributed by atoms with Gasteiger partial charge in [0.2, 0.25) is 0 Å². The van der Waals surface area contributed by atoms with Crippen molar-refractivity contribution >= 4 is 44.7 Å². The number of hydrogen-bond acceptors (Lipinski definition) is 6. The average molecular weight is 325 g/mol. The molecule has 0 aliphatic rings. The summed E-state index contributed by atoms with van der Waals surface area (Å²) in [5.41, 5.74) is 1.88. The van der Waals surface area contributed by atoms with Gasteiger partial charge in [-0.3, -0.25) is 4.90 Å². The minimum absolute atomic E-state index is 0.213. The molecule has 104 valence electrons. The van der Waals surface area contributed by atoms with E-state index in [0.29, 0.717) is 10.9 Å². The highest BCUT2D eigenvalue weighted by Gasteiger charge is 2.18. The molecule has 0 saturated heterocycles. The first-order valence-corrected chi connectivity index (χ1v) is 8.14.